The fourth-order valence-electron chi connectivity index (χ4n) is 2.81. The minimum Gasteiger partial charge on any atom is -0.337 e. The molecule has 2 aromatic heterocycles. The second-order valence-electron chi connectivity index (χ2n) is 6.09. The summed E-state index contributed by atoms with van der Waals surface area (Å²) in [5.41, 5.74) is 0. The second-order valence-corrected chi connectivity index (χ2v) is 7.46. The van der Waals surface area contributed by atoms with E-state index in [1.807, 2.05) is 11.0 Å². The molecule has 3 rings (SSSR count). The SMILES string of the molecule is Cc1ccc(CC(C)NC(=O)N2CCN(c3ncccn3)CC2)s1. The molecule has 7 heteroatoms. The van der Waals surface area contributed by atoms with Crippen LogP contribution in [0.4, 0.5) is 10.7 Å². The molecule has 2 aromatic rings. The van der Waals surface area contributed by atoms with Gasteiger partial charge in [0.2, 0.25) is 5.95 Å². The number of nitrogens with one attached hydrogen (secondary N) is 1. The maximum absolute atomic E-state index is 12.4. The van der Waals surface area contributed by atoms with Crippen molar-refractivity contribution in [1.82, 2.24) is 20.2 Å². The number of hydrogen-bond donors (Lipinski definition) is 1. The molecule has 1 unspecified atom stereocenters. The van der Waals surface area contributed by atoms with Gasteiger partial charge in [-0.3, -0.25) is 0 Å². The van der Waals surface area contributed by atoms with E-state index >= 15 is 0 Å². The molecule has 1 N–H and O–H groups in total. The fraction of sp³-hybridized carbons (Fsp3) is 0.471. The molecule has 1 aliphatic rings. The third kappa shape index (κ3) is 4.23. The zero-order valence-electron chi connectivity index (χ0n) is 14.1. The van der Waals surface area contributed by atoms with Crippen molar-refractivity contribution in [1.29, 1.82) is 0 Å². The van der Waals surface area contributed by atoms with Crippen molar-refractivity contribution >= 4 is 23.3 Å². The van der Waals surface area contributed by atoms with Gasteiger partial charge in [-0.2, -0.15) is 0 Å². The fourth-order valence-corrected chi connectivity index (χ4v) is 3.83. The summed E-state index contributed by atoms with van der Waals surface area (Å²) in [5.74, 6) is 0.735. The predicted octanol–water partition coefficient (Wildman–Crippen LogP) is 2.31. The number of anilines is 1. The maximum atomic E-state index is 12.4. The van der Waals surface area contributed by atoms with Crippen LogP contribution in [0.3, 0.4) is 0 Å². The first-order valence-corrected chi connectivity index (χ1v) is 9.06. The molecule has 0 aliphatic carbocycles. The average molecular weight is 345 g/mol. The summed E-state index contributed by atoms with van der Waals surface area (Å²) in [5, 5.41) is 3.11. The molecular weight excluding hydrogens is 322 g/mol. The molecule has 3 heterocycles. The summed E-state index contributed by atoms with van der Waals surface area (Å²) >= 11 is 1.79. The Labute approximate surface area is 146 Å². The lowest BCUT2D eigenvalue weighted by molar-refractivity contribution is 0.191. The van der Waals surface area contributed by atoms with Crippen LogP contribution in [0.25, 0.3) is 0 Å². The van der Waals surface area contributed by atoms with Crippen molar-refractivity contribution < 1.29 is 4.79 Å². The van der Waals surface area contributed by atoms with E-state index in [1.54, 1.807) is 23.7 Å². The van der Waals surface area contributed by atoms with Gasteiger partial charge < -0.3 is 15.1 Å². The smallest absolute Gasteiger partial charge is 0.317 e. The Hall–Kier alpha value is -2.15. The number of carbonyl (C=O) groups excluding carboxylic acids is 1. The molecule has 1 atom stereocenters. The maximum Gasteiger partial charge on any atom is 0.317 e. The Morgan fingerprint density at radius 3 is 2.58 bits per heavy atom. The third-order valence-corrected chi connectivity index (χ3v) is 5.10. The first-order valence-electron chi connectivity index (χ1n) is 8.24. The first-order chi connectivity index (χ1) is 11.6. The highest BCUT2D eigenvalue weighted by Gasteiger charge is 2.23. The number of nitrogens with zero attached hydrogens (tertiary/aromatic N) is 4. The van der Waals surface area contributed by atoms with E-state index in [0.29, 0.717) is 13.1 Å². The highest BCUT2D eigenvalue weighted by atomic mass is 32.1. The molecule has 128 valence electrons. The summed E-state index contributed by atoms with van der Waals surface area (Å²) in [6, 6.07) is 6.22. The van der Waals surface area contributed by atoms with Crippen LogP contribution >= 0.6 is 11.3 Å². The van der Waals surface area contributed by atoms with Crippen molar-refractivity contribution in [2.45, 2.75) is 26.3 Å². The number of aryl methyl sites for hydroxylation is 1. The Bertz CT molecular complexity index is 667. The summed E-state index contributed by atoms with van der Waals surface area (Å²) in [7, 11) is 0. The second kappa shape index (κ2) is 7.61. The number of aromatic nitrogens is 2. The molecule has 0 spiro atoms. The van der Waals surface area contributed by atoms with Gasteiger partial charge in [0.1, 0.15) is 0 Å². The van der Waals surface area contributed by atoms with Crippen LogP contribution in [0.1, 0.15) is 16.7 Å². The van der Waals surface area contributed by atoms with Crippen molar-refractivity contribution in [3.8, 4) is 0 Å². The zero-order valence-corrected chi connectivity index (χ0v) is 14.9. The molecule has 6 nitrogen and oxygen atoms in total. The molecule has 1 saturated heterocycles. The predicted molar refractivity (Wildman–Crippen MR) is 96.6 cm³/mol. The van der Waals surface area contributed by atoms with Gasteiger partial charge in [0.25, 0.3) is 0 Å². The number of carbonyl (C=O) groups is 1. The Morgan fingerprint density at radius 1 is 1.25 bits per heavy atom. The van der Waals surface area contributed by atoms with Gasteiger partial charge in [-0.1, -0.05) is 0 Å². The summed E-state index contributed by atoms with van der Waals surface area (Å²) in [4.78, 5) is 27.6. The van der Waals surface area contributed by atoms with Gasteiger partial charge in [-0.15, -0.1) is 11.3 Å². The Morgan fingerprint density at radius 2 is 1.96 bits per heavy atom. The van der Waals surface area contributed by atoms with E-state index in [0.717, 1.165) is 25.5 Å². The van der Waals surface area contributed by atoms with Gasteiger partial charge in [0.05, 0.1) is 0 Å². The minimum atomic E-state index is 0.0180. The summed E-state index contributed by atoms with van der Waals surface area (Å²) in [6.45, 7) is 7.06. The highest BCUT2D eigenvalue weighted by molar-refractivity contribution is 7.11. The molecule has 0 radical (unpaired) electrons. The van der Waals surface area contributed by atoms with Crippen LogP contribution in [-0.4, -0.2) is 53.1 Å². The number of urea groups is 1. The van der Waals surface area contributed by atoms with E-state index in [2.05, 4.69) is 46.2 Å². The zero-order chi connectivity index (χ0) is 16.9. The minimum absolute atomic E-state index is 0.0180. The number of rotatable bonds is 4. The first kappa shape index (κ1) is 16.7. The van der Waals surface area contributed by atoms with Crippen LogP contribution in [0.2, 0.25) is 0 Å². The van der Waals surface area contributed by atoms with Gasteiger partial charge in [0, 0.05) is 60.8 Å². The van der Waals surface area contributed by atoms with Crippen LogP contribution in [-0.2, 0) is 6.42 Å². The molecule has 1 aliphatic heterocycles. The molecule has 2 amide bonds. The lowest BCUT2D eigenvalue weighted by Gasteiger charge is -2.35. The monoisotopic (exact) mass is 345 g/mol. The summed E-state index contributed by atoms with van der Waals surface area (Å²) < 4.78 is 0. The summed E-state index contributed by atoms with van der Waals surface area (Å²) in [6.07, 6.45) is 4.37. The van der Waals surface area contributed by atoms with Crippen molar-refractivity contribution in [3.05, 3.63) is 40.3 Å². The molecular formula is C17H23N5OS. The van der Waals surface area contributed by atoms with Gasteiger partial charge in [0.15, 0.2) is 0 Å². The standard InChI is InChI=1S/C17H23N5OS/c1-13(12-15-5-4-14(2)24-15)20-17(23)22-10-8-21(9-11-22)16-18-6-3-7-19-16/h3-7,13H,8-12H2,1-2H3,(H,20,23). The number of hydrogen-bond acceptors (Lipinski definition) is 5. The van der Waals surface area contributed by atoms with E-state index in [9.17, 15) is 4.79 Å². The largest absolute Gasteiger partial charge is 0.337 e. The lowest BCUT2D eigenvalue weighted by Crippen LogP contribution is -2.53. The third-order valence-electron chi connectivity index (χ3n) is 4.08. The van der Waals surface area contributed by atoms with Gasteiger partial charge >= 0.3 is 6.03 Å². The topological polar surface area (TPSA) is 61.4 Å². The quantitative estimate of drug-likeness (QED) is 0.924. The molecule has 1 fully saturated rings. The van der Waals surface area contributed by atoms with E-state index < -0.39 is 0 Å². The highest BCUT2D eigenvalue weighted by Crippen LogP contribution is 2.17. The van der Waals surface area contributed by atoms with E-state index in [4.69, 9.17) is 0 Å². The Balaban J connectivity index is 1.46. The van der Waals surface area contributed by atoms with Gasteiger partial charge in [-0.05, 0) is 32.0 Å². The average Bonchev–Trinajstić information content (AvgIpc) is 3.00. The van der Waals surface area contributed by atoms with Crippen molar-refractivity contribution in [2.24, 2.45) is 0 Å². The van der Waals surface area contributed by atoms with Crippen LogP contribution in [0, 0.1) is 6.92 Å². The van der Waals surface area contributed by atoms with E-state index in [1.165, 1.54) is 9.75 Å². The number of piperazine rings is 1. The van der Waals surface area contributed by atoms with Crippen LogP contribution < -0.4 is 10.2 Å². The lowest BCUT2D eigenvalue weighted by atomic mass is 10.2. The van der Waals surface area contributed by atoms with Crippen LogP contribution in [0.5, 0.6) is 0 Å². The number of amides is 2. The van der Waals surface area contributed by atoms with Gasteiger partial charge in [-0.25, -0.2) is 14.8 Å². The van der Waals surface area contributed by atoms with Crippen molar-refractivity contribution in [2.75, 3.05) is 31.1 Å². The van der Waals surface area contributed by atoms with Crippen LogP contribution in [0.15, 0.2) is 30.6 Å². The molecule has 24 heavy (non-hydrogen) atoms. The Kier molecular flexibility index (Phi) is 5.30. The van der Waals surface area contributed by atoms with Crippen molar-refractivity contribution in [3.63, 3.8) is 0 Å². The molecule has 0 bridgehead atoms. The van der Waals surface area contributed by atoms with E-state index in [-0.39, 0.29) is 12.1 Å². The number of thiophene rings is 1. The normalized spacial score (nSPS) is 16.1. The molecule has 0 aromatic carbocycles. The molecule has 0 saturated carbocycles.